The zero-order chi connectivity index (χ0) is 12.8. The molecule has 17 heavy (non-hydrogen) atoms. The van der Waals surface area contributed by atoms with E-state index >= 15 is 0 Å². The van der Waals surface area contributed by atoms with Crippen LogP contribution in [0.4, 0.5) is 0 Å². The Balaban J connectivity index is 2.78. The number of halogens is 1. The molecule has 1 amide bonds. The number of amides is 1. The van der Waals surface area contributed by atoms with E-state index in [0.717, 1.165) is 25.8 Å². The fraction of sp³-hybridized carbons (Fsp3) is 0.615. The summed E-state index contributed by atoms with van der Waals surface area (Å²) >= 11 is 3.22. The van der Waals surface area contributed by atoms with Crippen molar-refractivity contribution in [1.82, 2.24) is 4.90 Å². The zero-order valence-electron chi connectivity index (χ0n) is 10.7. The van der Waals surface area contributed by atoms with Crippen molar-refractivity contribution in [2.75, 3.05) is 6.54 Å². The summed E-state index contributed by atoms with van der Waals surface area (Å²) in [6.45, 7) is 7.09. The van der Waals surface area contributed by atoms with E-state index in [1.54, 1.807) is 12.1 Å². The lowest BCUT2D eigenvalue weighted by atomic mass is 10.2. The molecule has 0 aliphatic carbocycles. The van der Waals surface area contributed by atoms with Crippen LogP contribution in [0.2, 0.25) is 0 Å². The smallest absolute Gasteiger partial charge is 0.289 e. The second-order valence-electron chi connectivity index (χ2n) is 4.21. The quantitative estimate of drug-likeness (QED) is 0.793. The van der Waals surface area contributed by atoms with Crippen molar-refractivity contribution in [3.05, 3.63) is 22.6 Å². The van der Waals surface area contributed by atoms with E-state index in [4.69, 9.17) is 4.42 Å². The summed E-state index contributed by atoms with van der Waals surface area (Å²) < 4.78 is 5.92. The Hall–Kier alpha value is -0.770. The molecule has 1 atom stereocenters. The topological polar surface area (TPSA) is 33.5 Å². The van der Waals surface area contributed by atoms with Crippen molar-refractivity contribution in [2.24, 2.45) is 0 Å². The number of furan rings is 1. The highest BCUT2D eigenvalue weighted by molar-refractivity contribution is 9.10. The Labute approximate surface area is 111 Å². The number of unbranched alkanes of at least 4 members (excludes halogenated alkanes) is 1. The molecule has 1 rings (SSSR count). The molecule has 0 saturated heterocycles. The second-order valence-corrected chi connectivity index (χ2v) is 4.99. The summed E-state index contributed by atoms with van der Waals surface area (Å²) in [5.74, 6) is 0.395. The first-order valence-electron chi connectivity index (χ1n) is 6.16. The third-order valence-corrected chi connectivity index (χ3v) is 3.35. The van der Waals surface area contributed by atoms with Crippen LogP contribution in [0.3, 0.4) is 0 Å². The van der Waals surface area contributed by atoms with Gasteiger partial charge in [-0.2, -0.15) is 0 Å². The van der Waals surface area contributed by atoms with Gasteiger partial charge < -0.3 is 9.32 Å². The predicted molar refractivity (Wildman–Crippen MR) is 72.1 cm³/mol. The van der Waals surface area contributed by atoms with Gasteiger partial charge in [-0.25, -0.2) is 0 Å². The molecule has 96 valence electrons. The van der Waals surface area contributed by atoms with Crippen LogP contribution < -0.4 is 0 Å². The number of nitrogens with zero attached hydrogens (tertiary/aromatic N) is 1. The fourth-order valence-electron chi connectivity index (χ4n) is 1.64. The van der Waals surface area contributed by atoms with Crippen molar-refractivity contribution in [3.8, 4) is 0 Å². The minimum absolute atomic E-state index is 0.0153. The Kier molecular flexibility index (Phi) is 5.75. The zero-order valence-corrected chi connectivity index (χ0v) is 12.3. The molecule has 3 nitrogen and oxygen atoms in total. The minimum atomic E-state index is -0.0153. The average molecular weight is 302 g/mol. The summed E-state index contributed by atoms with van der Waals surface area (Å²) in [4.78, 5) is 14.2. The molecule has 0 aliphatic rings. The second kappa shape index (κ2) is 6.84. The molecule has 1 aromatic heterocycles. The molecule has 0 aliphatic heterocycles. The number of rotatable bonds is 6. The molecule has 0 aromatic carbocycles. The predicted octanol–water partition coefficient (Wildman–Crippen LogP) is 4.08. The van der Waals surface area contributed by atoms with Crippen LogP contribution in [0.25, 0.3) is 0 Å². The molecular formula is C13H20BrNO2. The molecular weight excluding hydrogens is 282 g/mol. The summed E-state index contributed by atoms with van der Waals surface area (Å²) in [6.07, 6.45) is 3.07. The van der Waals surface area contributed by atoms with E-state index in [1.165, 1.54) is 0 Å². The Bertz CT molecular complexity index is 362. The largest absolute Gasteiger partial charge is 0.444 e. The number of hydrogen-bond acceptors (Lipinski definition) is 2. The van der Waals surface area contributed by atoms with Crippen molar-refractivity contribution in [2.45, 2.75) is 46.1 Å². The molecule has 0 fully saturated rings. The lowest BCUT2D eigenvalue weighted by molar-refractivity contribution is 0.0651. The first-order valence-corrected chi connectivity index (χ1v) is 6.95. The Morgan fingerprint density at radius 2 is 2.18 bits per heavy atom. The lowest BCUT2D eigenvalue weighted by Crippen LogP contribution is -2.38. The SMILES string of the molecule is CCCCN(C(=O)c1ccc(Br)o1)C(C)CC. The molecule has 0 spiro atoms. The van der Waals surface area contributed by atoms with E-state index < -0.39 is 0 Å². The highest BCUT2D eigenvalue weighted by atomic mass is 79.9. The summed E-state index contributed by atoms with van der Waals surface area (Å²) in [6, 6.07) is 3.72. The maximum absolute atomic E-state index is 12.3. The van der Waals surface area contributed by atoms with Gasteiger partial charge in [-0.1, -0.05) is 20.3 Å². The van der Waals surface area contributed by atoms with Crippen LogP contribution >= 0.6 is 15.9 Å². The van der Waals surface area contributed by atoms with Gasteiger partial charge in [-0.3, -0.25) is 4.79 Å². The monoisotopic (exact) mass is 301 g/mol. The highest BCUT2D eigenvalue weighted by Gasteiger charge is 2.22. The Morgan fingerprint density at radius 3 is 2.65 bits per heavy atom. The molecule has 1 aromatic rings. The summed E-state index contributed by atoms with van der Waals surface area (Å²) in [5.41, 5.74) is 0. The van der Waals surface area contributed by atoms with Crippen molar-refractivity contribution < 1.29 is 9.21 Å². The molecule has 0 N–H and O–H groups in total. The molecule has 0 saturated carbocycles. The van der Waals surface area contributed by atoms with Crippen LogP contribution in [-0.2, 0) is 0 Å². The van der Waals surface area contributed by atoms with Crippen LogP contribution in [0, 0.1) is 0 Å². The highest BCUT2D eigenvalue weighted by Crippen LogP contribution is 2.18. The van der Waals surface area contributed by atoms with Gasteiger partial charge in [-0.05, 0) is 47.8 Å². The van der Waals surface area contributed by atoms with E-state index in [2.05, 4.69) is 36.7 Å². The first kappa shape index (κ1) is 14.3. The fourth-order valence-corrected chi connectivity index (χ4v) is 1.95. The average Bonchev–Trinajstić information content (AvgIpc) is 2.75. The van der Waals surface area contributed by atoms with Gasteiger partial charge in [0.25, 0.3) is 5.91 Å². The lowest BCUT2D eigenvalue weighted by Gasteiger charge is -2.27. The van der Waals surface area contributed by atoms with Crippen LogP contribution in [0.1, 0.15) is 50.6 Å². The van der Waals surface area contributed by atoms with Gasteiger partial charge in [0.05, 0.1) is 0 Å². The maximum Gasteiger partial charge on any atom is 0.289 e. The van der Waals surface area contributed by atoms with Crippen LogP contribution in [0.15, 0.2) is 21.2 Å². The van der Waals surface area contributed by atoms with Crippen LogP contribution in [0.5, 0.6) is 0 Å². The third-order valence-electron chi connectivity index (χ3n) is 2.92. The van der Waals surface area contributed by atoms with Gasteiger partial charge in [0.1, 0.15) is 0 Å². The molecule has 1 unspecified atom stereocenters. The van der Waals surface area contributed by atoms with Crippen molar-refractivity contribution >= 4 is 21.8 Å². The molecule has 0 bridgehead atoms. The van der Waals surface area contributed by atoms with Gasteiger partial charge >= 0.3 is 0 Å². The van der Waals surface area contributed by atoms with E-state index in [1.807, 2.05) is 4.90 Å². The standard InChI is InChI=1S/C13H20BrNO2/c1-4-6-9-15(10(3)5-2)13(16)11-7-8-12(14)17-11/h7-8,10H,4-6,9H2,1-3H3. The van der Waals surface area contributed by atoms with E-state index in [0.29, 0.717) is 10.4 Å². The molecule has 4 heteroatoms. The number of carbonyl (C=O) groups is 1. The van der Waals surface area contributed by atoms with Gasteiger partial charge in [0, 0.05) is 12.6 Å². The van der Waals surface area contributed by atoms with Crippen molar-refractivity contribution in [1.29, 1.82) is 0 Å². The minimum Gasteiger partial charge on any atom is -0.444 e. The maximum atomic E-state index is 12.3. The Morgan fingerprint density at radius 1 is 1.47 bits per heavy atom. The van der Waals surface area contributed by atoms with Gasteiger partial charge in [0.15, 0.2) is 10.4 Å². The first-order chi connectivity index (χ1) is 8.10. The molecule has 0 radical (unpaired) electrons. The third kappa shape index (κ3) is 3.87. The van der Waals surface area contributed by atoms with Crippen LogP contribution in [-0.4, -0.2) is 23.4 Å². The molecule has 1 heterocycles. The van der Waals surface area contributed by atoms with E-state index in [9.17, 15) is 4.79 Å². The van der Waals surface area contributed by atoms with Gasteiger partial charge in [-0.15, -0.1) is 0 Å². The summed E-state index contributed by atoms with van der Waals surface area (Å²) in [5, 5.41) is 0. The normalized spacial score (nSPS) is 12.5. The number of carbonyl (C=O) groups excluding carboxylic acids is 1. The van der Waals surface area contributed by atoms with Gasteiger partial charge in [0.2, 0.25) is 0 Å². The number of hydrogen-bond donors (Lipinski definition) is 0. The van der Waals surface area contributed by atoms with Crippen molar-refractivity contribution in [3.63, 3.8) is 0 Å². The van der Waals surface area contributed by atoms with E-state index in [-0.39, 0.29) is 11.9 Å². The summed E-state index contributed by atoms with van der Waals surface area (Å²) in [7, 11) is 0.